The summed E-state index contributed by atoms with van der Waals surface area (Å²) >= 11 is 0. The van der Waals surface area contributed by atoms with Crippen molar-refractivity contribution in [3.8, 4) is 0 Å². The van der Waals surface area contributed by atoms with E-state index in [1.54, 1.807) is 12.1 Å². The predicted molar refractivity (Wildman–Crippen MR) is 77.0 cm³/mol. The van der Waals surface area contributed by atoms with Crippen LogP contribution in [0.3, 0.4) is 0 Å². The van der Waals surface area contributed by atoms with Crippen molar-refractivity contribution in [2.75, 3.05) is 12.3 Å². The Morgan fingerprint density at radius 2 is 2.11 bits per heavy atom. The molecule has 1 saturated heterocycles. The molecule has 2 rings (SSSR count). The number of carbonyl (C=O) groups excluding carboxylic acids is 1. The molecule has 0 bridgehead atoms. The Balaban J connectivity index is 0.00000162. The smallest absolute Gasteiger partial charge is 0.254 e. The summed E-state index contributed by atoms with van der Waals surface area (Å²) in [6, 6.07) is 7.55. The molecule has 2 N–H and O–H groups in total. The highest BCUT2D eigenvalue weighted by atomic mass is 35.5. The molecule has 0 aliphatic carbocycles. The third-order valence-electron chi connectivity index (χ3n) is 3.77. The quantitative estimate of drug-likeness (QED) is 0.796. The zero-order valence-electron chi connectivity index (χ0n) is 10.9. The van der Waals surface area contributed by atoms with Crippen molar-refractivity contribution in [2.45, 2.75) is 32.7 Å². The lowest BCUT2D eigenvalue weighted by atomic mass is 9.91. The minimum atomic E-state index is 0. The molecular weight excluding hydrogens is 248 g/mol. The normalized spacial score (nSPS) is 23.3. The molecular formula is C14H21ClN2O. The number of piperidine rings is 1. The lowest BCUT2D eigenvalue weighted by Gasteiger charge is -2.38. The maximum atomic E-state index is 12.4. The molecule has 1 amide bonds. The van der Waals surface area contributed by atoms with Crippen LogP contribution in [0, 0.1) is 5.92 Å². The predicted octanol–water partition coefficient (Wildman–Crippen LogP) is 2.95. The average Bonchev–Trinajstić information content (AvgIpc) is 2.32. The van der Waals surface area contributed by atoms with Crippen LogP contribution in [0.2, 0.25) is 0 Å². The highest BCUT2D eigenvalue weighted by Crippen LogP contribution is 2.24. The second-order valence-electron chi connectivity index (χ2n) is 4.98. The molecule has 1 aliphatic rings. The monoisotopic (exact) mass is 268 g/mol. The molecule has 4 heteroatoms. The molecule has 1 aliphatic heterocycles. The first-order valence-corrected chi connectivity index (χ1v) is 6.26. The van der Waals surface area contributed by atoms with E-state index in [2.05, 4.69) is 13.8 Å². The second-order valence-corrected chi connectivity index (χ2v) is 4.98. The maximum Gasteiger partial charge on any atom is 0.254 e. The van der Waals surface area contributed by atoms with E-state index >= 15 is 0 Å². The molecule has 0 radical (unpaired) electrons. The molecule has 1 fully saturated rings. The summed E-state index contributed by atoms with van der Waals surface area (Å²) in [5.74, 6) is 0.685. The van der Waals surface area contributed by atoms with E-state index in [1.165, 1.54) is 6.42 Å². The summed E-state index contributed by atoms with van der Waals surface area (Å²) in [4.78, 5) is 14.4. The molecule has 1 aromatic carbocycles. The number of nitrogens with two attached hydrogens (primary N) is 1. The molecule has 0 aromatic heterocycles. The zero-order chi connectivity index (χ0) is 12.4. The van der Waals surface area contributed by atoms with Gasteiger partial charge in [0, 0.05) is 23.8 Å². The van der Waals surface area contributed by atoms with Gasteiger partial charge < -0.3 is 10.6 Å². The summed E-state index contributed by atoms with van der Waals surface area (Å²) in [7, 11) is 0. The van der Waals surface area contributed by atoms with Gasteiger partial charge in [0.15, 0.2) is 0 Å². The number of nitrogen functional groups attached to an aromatic ring is 1. The van der Waals surface area contributed by atoms with Crippen LogP contribution in [0.5, 0.6) is 0 Å². The lowest BCUT2D eigenvalue weighted by molar-refractivity contribution is 0.0551. The topological polar surface area (TPSA) is 46.3 Å². The van der Waals surface area contributed by atoms with Gasteiger partial charge in [-0.3, -0.25) is 4.79 Å². The van der Waals surface area contributed by atoms with Crippen LogP contribution >= 0.6 is 12.4 Å². The fourth-order valence-electron chi connectivity index (χ4n) is 2.46. The number of halogens is 1. The molecule has 2 unspecified atom stereocenters. The van der Waals surface area contributed by atoms with Crippen LogP contribution in [0.25, 0.3) is 0 Å². The molecule has 3 nitrogen and oxygen atoms in total. The van der Waals surface area contributed by atoms with Gasteiger partial charge in [-0.2, -0.15) is 0 Å². The van der Waals surface area contributed by atoms with Gasteiger partial charge in [-0.05, 0) is 43.9 Å². The van der Waals surface area contributed by atoms with Crippen molar-refractivity contribution >= 4 is 24.0 Å². The first-order valence-electron chi connectivity index (χ1n) is 6.26. The Labute approximate surface area is 115 Å². The summed E-state index contributed by atoms with van der Waals surface area (Å²) in [6.07, 6.45) is 2.31. The van der Waals surface area contributed by atoms with E-state index < -0.39 is 0 Å². The number of benzene rings is 1. The standard InChI is InChI=1S/C14H20N2O.ClH/c1-10-5-4-8-16(11(10)2)14(17)12-6-3-7-13(15)9-12;/h3,6-7,9-11H,4-5,8,15H2,1-2H3;1H. The van der Waals surface area contributed by atoms with Crippen LogP contribution in [0.1, 0.15) is 37.0 Å². The SMILES string of the molecule is CC1CCCN(C(=O)c2cccc(N)c2)C1C.Cl. The van der Waals surface area contributed by atoms with E-state index in [4.69, 9.17) is 5.73 Å². The average molecular weight is 269 g/mol. The van der Waals surface area contributed by atoms with E-state index in [9.17, 15) is 4.79 Å². The number of likely N-dealkylation sites (tertiary alicyclic amines) is 1. The maximum absolute atomic E-state index is 12.4. The largest absolute Gasteiger partial charge is 0.399 e. The van der Waals surface area contributed by atoms with Crippen molar-refractivity contribution in [1.82, 2.24) is 4.90 Å². The van der Waals surface area contributed by atoms with Gasteiger partial charge in [0.1, 0.15) is 0 Å². The van der Waals surface area contributed by atoms with E-state index in [1.807, 2.05) is 17.0 Å². The Bertz CT molecular complexity index is 422. The number of nitrogens with zero attached hydrogens (tertiary/aromatic N) is 1. The molecule has 100 valence electrons. The van der Waals surface area contributed by atoms with Crippen LogP contribution in [-0.2, 0) is 0 Å². The van der Waals surface area contributed by atoms with Gasteiger partial charge >= 0.3 is 0 Å². The van der Waals surface area contributed by atoms with Crippen molar-refractivity contribution in [3.63, 3.8) is 0 Å². The molecule has 18 heavy (non-hydrogen) atoms. The Hall–Kier alpha value is -1.22. The highest BCUT2D eigenvalue weighted by molar-refractivity contribution is 5.95. The minimum absolute atomic E-state index is 0. The Morgan fingerprint density at radius 3 is 2.78 bits per heavy atom. The number of anilines is 1. The van der Waals surface area contributed by atoms with E-state index in [0.29, 0.717) is 23.2 Å². The zero-order valence-corrected chi connectivity index (χ0v) is 11.7. The van der Waals surface area contributed by atoms with Gasteiger partial charge in [0.2, 0.25) is 0 Å². The van der Waals surface area contributed by atoms with Crippen LogP contribution in [-0.4, -0.2) is 23.4 Å². The first-order chi connectivity index (χ1) is 8.09. The lowest BCUT2D eigenvalue weighted by Crippen LogP contribution is -2.46. The number of rotatable bonds is 1. The van der Waals surface area contributed by atoms with Gasteiger partial charge in [-0.1, -0.05) is 13.0 Å². The van der Waals surface area contributed by atoms with Crippen LogP contribution in [0.15, 0.2) is 24.3 Å². The molecule has 1 heterocycles. The van der Waals surface area contributed by atoms with Crippen molar-refractivity contribution < 1.29 is 4.79 Å². The summed E-state index contributed by atoms with van der Waals surface area (Å²) in [5, 5.41) is 0. The summed E-state index contributed by atoms with van der Waals surface area (Å²) < 4.78 is 0. The van der Waals surface area contributed by atoms with Crippen LogP contribution < -0.4 is 5.73 Å². The summed E-state index contributed by atoms with van der Waals surface area (Å²) in [5.41, 5.74) is 7.06. The van der Waals surface area contributed by atoms with Crippen LogP contribution in [0.4, 0.5) is 5.69 Å². The summed E-state index contributed by atoms with van der Waals surface area (Å²) in [6.45, 7) is 5.20. The molecule has 1 aromatic rings. The number of amides is 1. The Morgan fingerprint density at radius 1 is 1.39 bits per heavy atom. The van der Waals surface area contributed by atoms with E-state index in [-0.39, 0.29) is 18.3 Å². The fourth-order valence-corrected chi connectivity index (χ4v) is 2.46. The van der Waals surface area contributed by atoms with Crippen molar-refractivity contribution in [1.29, 1.82) is 0 Å². The number of carbonyl (C=O) groups is 1. The Kier molecular flexibility index (Phi) is 5.03. The number of hydrogen-bond acceptors (Lipinski definition) is 2. The van der Waals surface area contributed by atoms with Gasteiger partial charge in [-0.25, -0.2) is 0 Å². The van der Waals surface area contributed by atoms with Gasteiger partial charge in [0.25, 0.3) is 5.91 Å². The van der Waals surface area contributed by atoms with Crippen molar-refractivity contribution in [3.05, 3.63) is 29.8 Å². The highest BCUT2D eigenvalue weighted by Gasteiger charge is 2.28. The first kappa shape index (κ1) is 14.8. The molecule has 2 atom stereocenters. The third kappa shape index (κ3) is 2.96. The molecule has 0 spiro atoms. The minimum Gasteiger partial charge on any atom is -0.399 e. The molecule has 0 saturated carbocycles. The van der Waals surface area contributed by atoms with E-state index in [0.717, 1.165) is 13.0 Å². The second kappa shape index (κ2) is 6.10. The third-order valence-corrected chi connectivity index (χ3v) is 3.77. The number of hydrogen-bond donors (Lipinski definition) is 1. The fraction of sp³-hybridized carbons (Fsp3) is 0.500. The van der Waals surface area contributed by atoms with Gasteiger partial charge in [0.05, 0.1) is 0 Å². The van der Waals surface area contributed by atoms with Crippen molar-refractivity contribution in [2.24, 2.45) is 5.92 Å². The van der Waals surface area contributed by atoms with Gasteiger partial charge in [-0.15, -0.1) is 12.4 Å².